The van der Waals surface area contributed by atoms with Crippen LogP contribution in [0.4, 0.5) is 5.69 Å². The van der Waals surface area contributed by atoms with Crippen LogP contribution in [0.2, 0.25) is 0 Å². The summed E-state index contributed by atoms with van der Waals surface area (Å²) in [6, 6.07) is 10.2. The van der Waals surface area contributed by atoms with Gasteiger partial charge >= 0.3 is 0 Å². The number of nitrogen functional groups attached to an aromatic ring is 1. The van der Waals surface area contributed by atoms with Crippen LogP contribution < -0.4 is 10.5 Å². The van der Waals surface area contributed by atoms with Gasteiger partial charge in [0.1, 0.15) is 11.5 Å². The number of carbonyl (C=O) groups is 1. The van der Waals surface area contributed by atoms with E-state index in [1.54, 1.807) is 36.4 Å². The molecule has 0 aliphatic heterocycles. The lowest BCUT2D eigenvalue weighted by Crippen LogP contribution is -1.96. The number of allylic oxidation sites excluding steroid dienone is 1. The van der Waals surface area contributed by atoms with Crippen LogP contribution in [0, 0.1) is 0 Å². The zero-order valence-electron chi connectivity index (χ0n) is 13.4. The number of hydrogen-bond donors (Lipinski definition) is 2. The Morgan fingerprint density at radius 2 is 1.96 bits per heavy atom. The molecule has 0 spiro atoms. The first-order valence-electron chi connectivity index (χ1n) is 7.53. The van der Waals surface area contributed by atoms with Crippen molar-refractivity contribution < 1.29 is 14.6 Å². The van der Waals surface area contributed by atoms with Crippen molar-refractivity contribution in [3.8, 4) is 11.5 Å². The lowest BCUT2D eigenvalue weighted by Gasteiger charge is -2.10. The van der Waals surface area contributed by atoms with E-state index in [1.807, 2.05) is 13.0 Å². The lowest BCUT2D eigenvalue weighted by atomic mass is 10.0. The van der Waals surface area contributed by atoms with Gasteiger partial charge in [-0.05, 0) is 54.5 Å². The molecule has 0 amide bonds. The minimum absolute atomic E-state index is 0.114. The van der Waals surface area contributed by atoms with Crippen LogP contribution >= 0.6 is 0 Å². The van der Waals surface area contributed by atoms with Crippen molar-refractivity contribution in [3.05, 3.63) is 59.2 Å². The minimum Gasteiger partial charge on any atom is -0.508 e. The standard InChI is InChI=1S/C19H21NO3/c1-3-4-14-11-15(19(23-2)12-18(14)22)7-10-17(21)13-5-8-16(20)9-6-13/h5-12,22H,3-4,20H2,1-2H3. The van der Waals surface area contributed by atoms with Gasteiger partial charge in [-0.3, -0.25) is 4.79 Å². The fraction of sp³-hybridized carbons (Fsp3) is 0.211. The Hall–Kier alpha value is -2.75. The van der Waals surface area contributed by atoms with Gasteiger partial charge in [0, 0.05) is 22.9 Å². The van der Waals surface area contributed by atoms with E-state index in [1.165, 1.54) is 13.2 Å². The first-order valence-corrected chi connectivity index (χ1v) is 7.53. The molecule has 0 aliphatic rings. The number of methoxy groups -OCH3 is 1. The first-order chi connectivity index (χ1) is 11.0. The Kier molecular flexibility index (Phi) is 5.41. The number of aromatic hydroxyl groups is 1. The predicted molar refractivity (Wildman–Crippen MR) is 92.9 cm³/mol. The summed E-state index contributed by atoms with van der Waals surface area (Å²) in [5.74, 6) is 0.631. The minimum atomic E-state index is -0.114. The maximum Gasteiger partial charge on any atom is 0.185 e. The topological polar surface area (TPSA) is 72.6 Å². The van der Waals surface area contributed by atoms with Gasteiger partial charge in [-0.25, -0.2) is 0 Å². The number of ether oxygens (including phenoxy) is 1. The second kappa shape index (κ2) is 7.49. The number of hydrogen-bond acceptors (Lipinski definition) is 4. The van der Waals surface area contributed by atoms with Gasteiger partial charge in [-0.1, -0.05) is 13.3 Å². The highest BCUT2D eigenvalue weighted by Crippen LogP contribution is 2.30. The number of anilines is 1. The SMILES string of the molecule is CCCc1cc(C=CC(=O)c2ccc(N)cc2)c(OC)cc1O. The first kappa shape index (κ1) is 16.6. The maximum atomic E-state index is 12.2. The Balaban J connectivity index is 2.28. The number of ketones is 1. The molecule has 4 nitrogen and oxygen atoms in total. The van der Waals surface area contributed by atoms with Gasteiger partial charge < -0.3 is 15.6 Å². The van der Waals surface area contributed by atoms with Crippen molar-refractivity contribution in [1.82, 2.24) is 0 Å². The van der Waals surface area contributed by atoms with Gasteiger partial charge in [0.15, 0.2) is 5.78 Å². The normalized spacial score (nSPS) is 10.9. The highest BCUT2D eigenvalue weighted by atomic mass is 16.5. The summed E-state index contributed by atoms with van der Waals surface area (Å²) in [6.45, 7) is 2.05. The largest absolute Gasteiger partial charge is 0.508 e. The number of rotatable bonds is 6. The van der Waals surface area contributed by atoms with Crippen LogP contribution in [0.15, 0.2) is 42.5 Å². The zero-order chi connectivity index (χ0) is 16.8. The molecule has 4 heteroatoms. The van der Waals surface area contributed by atoms with E-state index in [2.05, 4.69) is 0 Å². The van der Waals surface area contributed by atoms with Gasteiger partial charge in [0.25, 0.3) is 0 Å². The van der Waals surface area contributed by atoms with Crippen LogP contribution in [-0.4, -0.2) is 18.0 Å². The Morgan fingerprint density at radius 1 is 1.26 bits per heavy atom. The van der Waals surface area contributed by atoms with Crippen molar-refractivity contribution in [2.24, 2.45) is 0 Å². The molecular formula is C19H21NO3. The summed E-state index contributed by atoms with van der Waals surface area (Å²) in [6.07, 6.45) is 4.89. The van der Waals surface area contributed by atoms with E-state index in [9.17, 15) is 9.90 Å². The van der Waals surface area contributed by atoms with Crippen molar-refractivity contribution in [2.75, 3.05) is 12.8 Å². The highest BCUT2D eigenvalue weighted by molar-refractivity contribution is 6.07. The number of aryl methyl sites for hydroxylation is 1. The number of phenolic OH excluding ortho intramolecular Hbond substituents is 1. The van der Waals surface area contributed by atoms with Gasteiger partial charge in [0.2, 0.25) is 0 Å². The molecule has 0 unspecified atom stereocenters. The fourth-order valence-corrected chi connectivity index (χ4v) is 2.32. The van der Waals surface area contributed by atoms with Crippen molar-refractivity contribution >= 4 is 17.5 Å². The lowest BCUT2D eigenvalue weighted by molar-refractivity contribution is 0.104. The summed E-state index contributed by atoms with van der Waals surface area (Å²) < 4.78 is 5.27. The molecule has 3 N–H and O–H groups in total. The Labute approximate surface area is 136 Å². The molecule has 0 saturated carbocycles. The summed E-state index contributed by atoms with van der Waals surface area (Å²) >= 11 is 0. The van der Waals surface area contributed by atoms with E-state index >= 15 is 0 Å². The van der Waals surface area contributed by atoms with Crippen LogP contribution in [0.1, 0.15) is 34.8 Å². The average Bonchev–Trinajstić information content (AvgIpc) is 2.55. The van der Waals surface area contributed by atoms with Gasteiger partial charge in [0.05, 0.1) is 7.11 Å². The van der Waals surface area contributed by atoms with Crippen LogP contribution in [-0.2, 0) is 6.42 Å². The molecule has 2 rings (SSSR count). The molecule has 23 heavy (non-hydrogen) atoms. The molecule has 0 saturated heterocycles. The number of carbonyl (C=O) groups excluding carboxylic acids is 1. The molecule has 0 atom stereocenters. The molecule has 2 aromatic rings. The molecular weight excluding hydrogens is 290 g/mol. The molecule has 0 aromatic heterocycles. The third-order valence-corrected chi connectivity index (χ3v) is 3.56. The van der Waals surface area contributed by atoms with E-state index in [-0.39, 0.29) is 11.5 Å². The third-order valence-electron chi connectivity index (χ3n) is 3.56. The zero-order valence-corrected chi connectivity index (χ0v) is 13.4. The molecule has 0 bridgehead atoms. The molecule has 0 aliphatic carbocycles. The van der Waals surface area contributed by atoms with E-state index in [4.69, 9.17) is 10.5 Å². The molecule has 0 heterocycles. The monoisotopic (exact) mass is 311 g/mol. The highest BCUT2D eigenvalue weighted by Gasteiger charge is 2.08. The van der Waals surface area contributed by atoms with Gasteiger partial charge in [-0.2, -0.15) is 0 Å². The van der Waals surface area contributed by atoms with E-state index in [0.29, 0.717) is 17.0 Å². The Bertz CT molecular complexity index is 718. The number of nitrogens with two attached hydrogens (primary N) is 1. The maximum absolute atomic E-state index is 12.2. The fourth-order valence-electron chi connectivity index (χ4n) is 2.32. The van der Waals surface area contributed by atoms with Crippen LogP contribution in [0.25, 0.3) is 6.08 Å². The molecule has 2 aromatic carbocycles. The smallest absolute Gasteiger partial charge is 0.185 e. The van der Waals surface area contributed by atoms with Crippen LogP contribution in [0.5, 0.6) is 11.5 Å². The van der Waals surface area contributed by atoms with Crippen molar-refractivity contribution in [2.45, 2.75) is 19.8 Å². The number of benzene rings is 2. The molecule has 0 radical (unpaired) electrons. The van der Waals surface area contributed by atoms with Crippen LogP contribution in [0.3, 0.4) is 0 Å². The van der Waals surface area contributed by atoms with Gasteiger partial charge in [-0.15, -0.1) is 0 Å². The average molecular weight is 311 g/mol. The summed E-state index contributed by atoms with van der Waals surface area (Å²) in [5, 5.41) is 9.98. The van der Waals surface area contributed by atoms with E-state index < -0.39 is 0 Å². The second-order valence-corrected chi connectivity index (χ2v) is 5.29. The van der Waals surface area contributed by atoms with Crippen molar-refractivity contribution in [1.29, 1.82) is 0 Å². The summed E-state index contributed by atoms with van der Waals surface area (Å²) in [7, 11) is 1.54. The van der Waals surface area contributed by atoms with Crippen molar-refractivity contribution in [3.63, 3.8) is 0 Å². The third kappa shape index (κ3) is 4.13. The molecule has 0 fully saturated rings. The number of phenols is 1. The summed E-state index contributed by atoms with van der Waals surface area (Å²) in [4.78, 5) is 12.2. The second-order valence-electron chi connectivity index (χ2n) is 5.29. The summed E-state index contributed by atoms with van der Waals surface area (Å²) in [5.41, 5.74) is 8.41. The predicted octanol–water partition coefficient (Wildman–Crippen LogP) is 3.83. The molecule has 120 valence electrons. The quantitative estimate of drug-likeness (QED) is 0.483. The Morgan fingerprint density at radius 3 is 2.57 bits per heavy atom. The van der Waals surface area contributed by atoms with E-state index in [0.717, 1.165) is 24.0 Å².